The summed E-state index contributed by atoms with van der Waals surface area (Å²) in [7, 11) is 1.76. The maximum atomic E-state index is 5.52. The third-order valence-electron chi connectivity index (χ3n) is 1.60. The maximum absolute atomic E-state index is 5.52. The fraction of sp³-hybridized carbons (Fsp3) is 0.100. The summed E-state index contributed by atoms with van der Waals surface area (Å²) in [5.74, 6) is 5.52. The molecule has 0 atom stereocenters. The molecule has 0 bridgehead atoms. The summed E-state index contributed by atoms with van der Waals surface area (Å²) in [4.78, 5) is 4.07. The van der Waals surface area contributed by atoms with E-state index < -0.39 is 0 Å². The lowest BCUT2D eigenvalue weighted by Gasteiger charge is -2.08. The largest absolute Gasteiger partial charge is 0.321 e. The number of halogens is 1. The Labute approximate surface area is 92.0 Å². The Morgan fingerprint density at radius 1 is 1.64 bits per heavy atom. The normalized spacial score (nSPS) is 11.2. The topological polar surface area (TPSA) is 42.1 Å². The van der Waals surface area contributed by atoms with Gasteiger partial charge in [0.15, 0.2) is 0 Å². The van der Waals surface area contributed by atoms with Gasteiger partial charge in [-0.2, -0.15) is 0 Å². The van der Waals surface area contributed by atoms with Crippen molar-refractivity contribution in [2.75, 3.05) is 7.05 Å². The molecular weight excluding hydrogens is 242 g/mol. The molecule has 0 aliphatic rings. The van der Waals surface area contributed by atoms with Crippen LogP contribution in [-0.4, -0.2) is 17.0 Å². The number of hydrogen-bond donors (Lipinski definition) is 1. The second-order valence-corrected chi connectivity index (χ2v) is 3.76. The van der Waals surface area contributed by atoms with Gasteiger partial charge < -0.3 is 5.01 Å². The van der Waals surface area contributed by atoms with Gasteiger partial charge in [-0.3, -0.25) is 4.98 Å². The van der Waals surface area contributed by atoms with E-state index in [-0.39, 0.29) is 0 Å². The molecule has 0 radical (unpaired) electrons. The Bertz CT molecular complexity index is 358. The zero-order valence-corrected chi connectivity index (χ0v) is 9.53. The van der Waals surface area contributed by atoms with E-state index in [1.165, 1.54) is 5.01 Å². The van der Waals surface area contributed by atoms with Crippen molar-refractivity contribution >= 4 is 21.5 Å². The number of hydrogen-bond acceptors (Lipinski definition) is 3. The van der Waals surface area contributed by atoms with Crippen molar-refractivity contribution in [3.63, 3.8) is 0 Å². The number of allylic oxidation sites excluding steroid dienone is 2. The van der Waals surface area contributed by atoms with Crippen LogP contribution in [0.1, 0.15) is 5.56 Å². The zero-order chi connectivity index (χ0) is 10.6. The summed E-state index contributed by atoms with van der Waals surface area (Å²) in [6.45, 7) is 3.73. The first-order valence-corrected chi connectivity index (χ1v) is 4.85. The smallest absolute Gasteiger partial charge is 0.0410 e. The maximum Gasteiger partial charge on any atom is 0.0410 e. The van der Waals surface area contributed by atoms with E-state index in [1.807, 2.05) is 6.07 Å². The third-order valence-corrected chi connectivity index (χ3v) is 2.03. The minimum Gasteiger partial charge on any atom is -0.321 e. The molecule has 14 heavy (non-hydrogen) atoms. The number of nitrogens with zero attached hydrogens (tertiary/aromatic N) is 2. The molecule has 1 aromatic heterocycles. The van der Waals surface area contributed by atoms with Crippen molar-refractivity contribution in [3.05, 3.63) is 47.4 Å². The van der Waals surface area contributed by atoms with Gasteiger partial charge in [-0.05, 0) is 27.6 Å². The molecule has 2 N–H and O–H groups in total. The summed E-state index contributed by atoms with van der Waals surface area (Å²) in [5.41, 5.74) is 1.91. The van der Waals surface area contributed by atoms with Gasteiger partial charge in [0.2, 0.25) is 0 Å². The molecule has 1 aromatic rings. The first kappa shape index (κ1) is 10.9. The van der Waals surface area contributed by atoms with Gasteiger partial charge in [-0.15, -0.1) is 0 Å². The Morgan fingerprint density at radius 2 is 2.36 bits per heavy atom. The van der Waals surface area contributed by atoms with Crippen LogP contribution in [0.3, 0.4) is 0 Å². The Kier molecular flexibility index (Phi) is 3.85. The van der Waals surface area contributed by atoms with Crippen LogP contribution in [0.2, 0.25) is 0 Å². The van der Waals surface area contributed by atoms with Crippen molar-refractivity contribution in [2.24, 2.45) is 5.84 Å². The van der Waals surface area contributed by atoms with Gasteiger partial charge in [-0.1, -0.05) is 12.7 Å². The fourth-order valence-corrected chi connectivity index (χ4v) is 1.40. The van der Waals surface area contributed by atoms with Crippen molar-refractivity contribution in [3.8, 4) is 0 Å². The lowest BCUT2D eigenvalue weighted by atomic mass is 10.1. The van der Waals surface area contributed by atoms with E-state index in [0.717, 1.165) is 15.6 Å². The van der Waals surface area contributed by atoms with E-state index in [0.29, 0.717) is 0 Å². The molecule has 0 unspecified atom stereocenters. The summed E-state index contributed by atoms with van der Waals surface area (Å²) in [6, 6.07) is 1.96. The molecule has 0 saturated heterocycles. The molecule has 0 aliphatic carbocycles. The van der Waals surface area contributed by atoms with Crippen molar-refractivity contribution in [1.82, 2.24) is 9.99 Å². The van der Waals surface area contributed by atoms with E-state index in [9.17, 15) is 0 Å². The molecule has 0 saturated carbocycles. The van der Waals surface area contributed by atoms with Crippen molar-refractivity contribution in [2.45, 2.75) is 0 Å². The van der Waals surface area contributed by atoms with Crippen molar-refractivity contribution in [1.29, 1.82) is 0 Å². The lowest BCUT2D eigenvalue weighted by Crippen LogP contribution is -2.19. The van der Waals surface area contributed by atoms with Crippen LogP contribution in [0.4, 0.5) is 0 Å². The standard InChI is InChI=1S/C10H12BrN3/c1-3-8(7-14(2)12)9-4-10(11)6-13-5-9/h3-7H,1,12H2,2H3/b8-7+. The lowest BCUT2D eigenvalue weighted by molar-refractivity contribution is 0.487. The average Bonchev–Trinajstić information content (AvgIpc) is 2.14. The SMILES string of the molecule is C=C/C(=C\N(C)N)c1cncc(Br)c1. The molecule has 0 spiro atoms. The van der Waals surface area contributed by atoms with Gasteiger partial charge in [0, 0.05) is 35.7 Å². The number of pyridine rings is 1. The van der Waals surface area contributed by atoms with Gasteiger partial charge in [0.1, 0.15) is 0 Å². The average molecular weight is 254 g/mol. The van der Waals surface area contributed by atoms with Crippen LogP contribution in [0.25, 0.3) is 5.57 Å². The molecule has 0 aliphatic heterocycles. The highest BCUT2D eigenvalue weighted by molar-refractivity contribution is 9.10. The van der Waals surface area contributed by atoms with Crippen LogP contribution in [0, 0.1) is 0 Å². The minimum atomic E-state index is 0.933. The second-order valence-electron chi connectivity index (χ2n) is 2.85. The van der Waals surface area contributed by atoms with Crippen LogP contribution in [0.15, 0.2) is 41.8 Å². The highest BCUT2D eigenvalue weighted by Crippen LogP contribution is 2.18. The molecule has 0 aromatic carbocycles. The Morgan fingerprint density at radius 3 is 2.86 bits per heavy atom. The second kappa shape index (κ2) is 4.93. The Balaban J connectivity index is 3.07. The quantitative estimate of drug-likeness (QED) is 0.510. The number of rotatable bonds is 3. The summed E-state index contributed by atoms with van der Waals surface area (Å²) in [6.07, 6.45) is 7.03. The highest BCUT2D eigenvalue weighted by Gasteiger charge is 1.99. The molecule has 3 nitrogen and oxygen atoms in total. The summed E-state index contributed by atoms with van der Waals surface area (Å²) in [5, 5.41) is 1.48. The van der Waals surface area contributed by atoms with Gasteiger partial charge in [0.25, 0.3) is 0 Å². The Hall–Kier alpha value is -1.13. The number of hydrazine groups is 1. The fourth-order valence-electron chi connectivity index (χ4n) is 1.03. The van der Waals surface area contributed by atoms with E-state index in [4.69, 9.17) is 5.84 Å². The predicted octanol–water partition coefficient (Wildman–Crippen LogP) is 2.18. The molecule has 1 rings (SSSR count). The summed E-state index contributed by atoms with van der Waals surface area (Å²) < 4.78 is 0.933. The molecule has 74 valence electrons. The molecule has 1 heterocycles. The van der Waals surface area contributed by atoms with E-state index >= 15 is 0 Å². The van der Waals surface area contributed by atoms with Crippen LogP contribution >= 0.6 is 15.9 Å². The van der Waals surface area contributed by atoms with E-state index in [1.54, 1.807) is 31.7 Å². The predicted molar refractivity (Wildman–Crippen MR) is 62.1 cm³/mol. The summed E-state index contributed by atoms with van der Waals surface area (Å²) >= 11 is 3.36. The highest BCUT2D eigenvalue weighted by atomic mass is 79.9. The molecule has 0 fully saturated rings. The van der Waals surface area contributed by atoms with Crippen LogP contribution < -0.4 is 5.84 Å². The first-order chi connectivity index (χ1) is 6.63. The number of aromatic nitrogens is 1. The van der Waals surface area contributed by atoms with E-state index in [2.05, 4.69) is 27.5 Å². The van der Waals surface area contributed by atoms with Gasteiger partial charge in [0.05, 0.1) is 0 Å². The monoisotopic (exact) mass is 253 g/mol. The minimum absolute atomic E-state index is 0.933. The molecule has 0 amide bonds. The van der Waals surface area contributed by atoms with Crippen LogP contribution in [0.5, 0.6) is 0 Å². The molecule has 4 heteroatoms. The van der Waals surface area contributed by atoms with Crippen molar-refractivity contribution < 1.29 is 0 Å². The third kappa shape index (κ3) is 2.97. The zero-order valence-electron chi connectivity index (χ0n) is 7.94. The van der Waals surface area contributed by atoms with Gasteiger partial charge in [-0.25, -0.2) is 5.84 Å². The first-order valence-electron chi connectivity index (χ1n) is 4.06. The van der Waals surface area contributed by atoms with Gasteiger partial charge >= 0.3 is 0 Å². The molecular formula is C10H12BrN3. The number of nitrogens with two attached hydrogens (primary N) is 1. The van der Waals surface area contributed by atoms with Crippen LogP contribution in [-0.2, 0) is 0 Å².